The van der Waals surface area contributed by atoms with E-state index in [1.165, 1.54) is 24.1 Å². The van der Waals surface area contributed by atoms with Crippen molar-refractivity contribution in [1.29, 1.82) is 0 Å². The van der Waals surface area contributed by atoms with E-state index in [-0.39, 0.29) is 5.60 Å². The van der Waals surface area contributed by atoms with Crippen LogP contribution in [0, 0.1) is 0 Å². The van der Waals surface area contributed by atoms with Crippen LogP contribution in [0.1, 0.15) is 49.7 Å². The Bertz CT molecular complexity index is 435. The number of hydrogen-bond donors (Lipinski definition) is 1. The van der Waals surface area contributed by atoms with Crippen molar-refractivity contribution in [3.8, 4) is 0 Å². The molecule has 3 rings (SSSR count). The van der Waals surface area contributed by atoms with Crippen LogP contribution >= 0.6 is 0 Å². The smallest absolute Gasteiger partial charge is 0.162 e. The third-order valence-electron chi connectivity index (χ3n) is 4.11. The number of aryl methyl sites for hydroxylation is 1. The van der Waals surface area contributed by atoms with Gasteiger partial charge in [-0.15, -0.1) is 0 Å². The maximum Gasteiger partial charge on any atom is 0.162 e. The molecule has 2 heterocycles. The minimum Gasteiger partial charge on any atom is -0.373 e. The van der Waals surface area contributed by atoms with E-state index in [0.29, 0.717) is 0 Å². The van der Waals surface area contributed by atoms with Crippen molar-refractivity contribution in [1.82, 2.24) is 9.97 Å². The molecule has 0 bridgehead atoms. The standard InChI is InChI=1S/C14H21N3O/c1-14(8-5-9-18-14)13-16-11-7-4-3-6-10(11)12(15-2)17-13/h3-9H2,1-2H3,(H,15,16,17). The minimum absolute atomic E-state index is 0.280. The Kier molecular flexibility index (Phi) is 2.98. The fourth-order valence-corrected chi connectivity index (χ4v) is 2.99. The summed E-state index contributed by atoms with van der Waals surface area (Å²) < 4.78 is 5.86. The van der Waals surface area contributed by atoms with E-state index < -0.39 is 0 Å². The Hall–Kier alpha value is -1.16. The Morgan fingerprint density at radius 2 is 2.00 bits per heavy atom. The number of aromatic nitrogens is 2. The van der Waals surface area contributed by atoms with Crippen molar-refractivity contribution >= 4 is 5.82 Å². The lowest BCUT2D eigenvalue weighted by Crippen LogP contribution is -2.26. The van der Waals surface area contributed by atoms with Crippen molar-refractivity contribution in [3.63, 3.8) is 0 Å². The highest BCUT2D eigenvalue weighted by Crippen LogP contribution is 2.36. The first-order valence-electron chi connectivity index (χ1n) is 6.95. The minimum atomic E-state index is -0.280. The highest BCUT2D eigenvalue weighted by molar-refractivity contribution is 5.47. The molecular weight excluding hydrogens is 226 g/mol. The molecule has 0 amide bonds. The molecule has 1 aromatic heterocycles. The summed E-state index contributed by atoms with van der Waals surface area (Å²) in [6.07, 6.45) is 6.79. The maximum absolute atomic E-state index is 5.86. The van der Waals surface area contributed by atoms with E-state index >= 15 is 0 Å². The molecule has 18 heavy (non-hydrogen) atoms. The van der Waals surface area contributed by atoms with Crippen LogP contribution in [0.4, 0.5) is 5.82 Å². The molecule has 1 aromatic rings. The Balaban J connectivity index is 2.05. The molecule has 2 aliphatic rings. The van der Waals surface area contributed by atoms with E-state index in [9.17, 15) is 0 Å². The van der Waals surface area contributed by atoms with Gasteiger partial charge >= 0.3 is 0 Å². The number of hydrogen-bond acceptors (Lipinski definition) is 4. The number of nitrogens with one attached hydrogen (secondary N) is 1. The van der Waals surface area contributed by atoms with Gasteiger partial charge in [0.15, 0.2) is 5.82 Å². The molecule has 4 nitrogen and oxygen atoms in total. The number of rotatable bonds is 2. The van der Waals surface area contributed by atoms with Crippen molar-refractivity contribution in [3.05, 3.63) is 17.1 Å². The first-order chi connectivity index (χ1) is 8.73. The number of anilines is 1. The van der Waals surface area contributed by atoms with E-state index in [2.05, 4.69) is 12.2 Å². The second kappa shape index (κ2) is 4.50. The van der Waals surface area contributed by atoms with Gasteiger partial charge in [-0.3, -0.25) is 0 Å². The summed E-state index contributed by atoms with van der Waals surface area (Å²) in [4.78, 5) is 9.51. The van der Waals surface area contributed by atoms with Gasteiger partial charge in [0.2, 0.25) is 0 Å². The van der Waals surface area contributed by atoms with Crippen LogP contribution in [-0.2, 0) is 23.2 Å². The fourth-order valence-electron chi connectivity index (χ4n) is 2.99. The van der Waals surface area contributed by atoms with Crippen molar-refractivity contribution in [2.24, 2.45) is 0 Å². The van der Waals surface area contributed by atoms with Gasteiger partial charge in [0.25, 0.3) is 0 Å². The second-order valence-electron chi connectivity index (χ2n) is 5.46. The number of ether oxygens (including phenoxy) is 1. The summed E-state index contributed by atoms with van der Waals surface area (Å²) in [6.45, 7) is 2.94. The van der Waals surface area contributed by atoms with E-state index in [4.69, 9.17) is 14.7 Å². The van der Waals surface area contributed by atoms with Crippen LogP contribution in [0.2, 0.25) is 0 Å². The van der Waals surface area contributed by atoms with Gasteiger partial charge in [-0.1, -0.05) is 0 Å². The van der Waals surface area contributed by atoms with E-state index in [1.807, 2.05) is 7.05 Å². The molecule has 1 fully saturated rings. The Labute approximate surface area is 108 Å². The van der Waals surface area contributed by atoms with Crippen molar-refractivity contribution in [2.75, 3.05) is 19.0 Å². The monoisotopic (exact) mass is 247 g/mol. The second-order valence-corrected chi connectivity index (χ2v) is 5.46. The summed E-state index contributed by atoms with van der Waals surface area (Å²) in [5.41, 5.74) is 2.26. The first kappa shape index (κ1) is 11.9. The Morgan fingerprint density at radius 1 is 1.17 bits per heavy atom. The van der Waals surface area contributed by atoms with Crippen molar-refractivity contribution in [2.45, 2.75) is 51.0 Å². The predicted molar refractivity (Wildman–Crippen MR) is 70.8 cm³/mol. The predicted octanol–water partition coefficient (Wildman–Crippen LogP) is 2.42. The summed E-state index contributed by atoms with van der Waals surface area (Å²) >= 11 is 0. The quantitative estimate of drug-likeness (QED) is 0.872. The molecule has 0 spiro atoms. The molecule has 0 radical (unpaired) electrons. The normalized spacial score (nSPS) is 27.0. The van der Waals surface area contributed by atoms with E-state index in [0.717, 1.165) is 43.9 Å². The summed E-state index contributed by atoms with van der Waals surface area (Å²) in [5.74, 6) is 1.87. The number of nitrogens with zero attached hydrogens (tertiary/aromatic N) is 2. The molecule has 1 saturated heterocycles. The van der Waals surface area contributed by atoms with Gasteiger partial charge in [0.05, 0.1) is 0 Å². The average molecular weight is 247 g/mol. The maximum atomic E-state index is 5.86. The van der Waals surface area contributed by atoms with Crippen LogP contribution in [0.25, 0.3) is 0 Å². The molecule has 0 aromatic carbocycles. The van der Waals surface area contributed by atoms with Crippen LogP contribution in [-0.4, -0.2) is 23.6 Å². The summed E-state index contributed by atoms with van der Waals surface area (Å²) in [5, 5.41) is 3.23. The van der Waals surface area contributed by atoms with Gasteiger partial charge in [-0.05, 0) is 45.4 Å². The molecule has 0 saturated carbocycles. The highest BCUT2D eigenvalue weighted by Gasteiger charge is 2.36. The summed E-state index contributed by atoms with van der Waals surface area (Å²) in [6, 6.07) is 0. The van der Waals surface area contributed by atoms with Gasteiger partial charge in [-0.25, -0.2) is 9.97 Å². The molecular formula is C14H21N3O. The highest BCUT2D eigenvalue weighted by atomic mass is 16.5. The lowest BCUT2D eigenvalue weighted by molar-refractivity contribution is 0.00920. The largest absolute Gasteiger partial charge is 0.373 e. The average Bonchev–Trinajstić information content (AvgIpc) is 2.85. The first-order valence-corrected chi connectivity index (χ1v) is 6.95. The molecule has 4 heteroatoms. The zero-order chi connectivity index (χ0) is 12.6. The van der Waals surface area contributed by atoms with Crippen LogP contribution in [0.15, 0.2) is 0 Å². The van der Waals surface area contributed by atoms with Gasteiger partial charge in [0, 0.05) is 24.9 Å². The van der Waals surface area contributed by atoms with Gasteiger partial charge < -0.3 is 10.1 Å². The van der Waals surface area contributed by atoms with Crippen LogP contribution < -0.4 is 5.32 Å². The number of fused-ring (bicyclic) bond motifs is 1. The van der Waals surface area contributed by atoms with Gasteiger partial charge in [-0.2, -0.15) is 0 Å². The van der Waals surface area contributed by atoms with Crippen molar-refractivity contribution < 1.29 is 4.74 Å². The molecule has 1 aliphatic carbocycles. The fraction of sp³-hybridized carbons (Fsp3) is 0.714. The van der Waals surface area contributed by atoms with Gasteiger partial charge in [0.1, 0.15) is 11.4 Å². The molecule has 1 aliphatic heterocycles. The van der Waals surface area contributed by atoms with E-state index in [1.54, 1.807) is 0 Å². The zero-order valence-corrected chi connectivity index (χ0v) is 11.3. The molecule has 1 unspecified atom stereocenters. The molecule has 1 atom stereocenters. The molecule has 1 N–H and O–H groups in total. The topological polar surface area (TPSA) is 47.0 Å². The lowest BCUT2D eigenvalue weighted by atomic mass is 9.95. The lowest BCUT2D eigenvalue weighted by Gasteiger charge is -2.25. The third kappa shape index (κ3) is 1.88. The third-order valence-corrected chi connectivity index (χ3v) is 4.11. The molecule has 98 valence electrons. The SMILES string of the molecule is CNc1nc(C2(C)CCCO2)nc2c1CCCC2. The van der Waals surface area contributed by atoms with Crippen LogP contribution in [0.3, 0.4) is 0 Å². The summed E-state index contributed by atoms with van der Waals surface area (Å²) in [7, 11) is 1.94. The van der Waals surface area contributed by atoms with Crippen LogP contribution in [0.5, 0.6) is 0 Å². The zero-order valence-electron chi connectivity index (χ0n) is 11.3. The Morgan fingerprint density at radius 3 is 2.72 bits per heavy atom.